The van der Waals surface area contributed by atoms with Gasteiger partial charge in [-0.05, 0) is 53.3 Å². The summed E-state index contributed by atoms with van der Waals surface area (Å²) >= 11 is 0. The van der Waals surface area contributed by atoms with Gasteiger partial charge in [0.15, 0.2) is 0 Å². The summed E-state index contributed by atoms with van der Waals surface area (Å²) < 4.78 is 14.4. The van der Waals surface area contributed by atoms with Crippen LogP contribution >= 0.6 is 0 Å². The predicted octanol–water partition coefficient (Wildman–Crippen LogP) is 6.84. The maximum atomic E-state index is 10.8. The first-order chi connectivity index (χ1) is 16.1. The molecule has 3 saturated carbocycles. The van der Waals surface area contributed by atoms with E-state index < -0.39 is 19.3 Å². The third-order valence-corrected chi connectivity index (χ3v) is 16.5. The van der Waals surface area contributed by atoms with Gasteiger partial charge in [-0.25, -0.2) is 0 Å². The SMILES string of the molecule is CC(C)[Si](O[C@@]12C[C@H](OCc3ccccc3)[C@H]3C[C@]1(C#N)[C@H](C)C[C@]32CCO)(C(C)C)C(C)C. The van der Waals surface area contributed by atoms with Crippen LogP contribution in [-0.2, 0) is 15.8 Å². The molecule has 5 heteroatoms. The fraction of sp³-hybridized carbons (Fsp3) is 0.759. The Morgan fingerprint density at radius 1 is 1.03 bits per heavy atom. The van der Waals surface area contributed by atoms with Gasteiger partial charge in [0.25, 0.3) is 0 Å². The van der Waals surface area contributed by atoms with Crippen LogP contribution in [0.4, 0.5) is 0 Å². The van der Waals surface area contributed by atoms with E-state index in [-0.39, 0.29) is 30.0 Å². The van der Waals surface area contributed by atoms with Gasteiger partial charge in [0, 0.05) is 18.4 Å². The molecule has 1 aromatic carbocycles. The monoisotopic (exact) mass is 483 g/mol. The van der Waals surface area contributed by atoms with Crippen LogP contribution in [0.2, 0.25) is 16.6 Å². The first-order valence-corrected chi connectivity index (χ1v) is 15.6. The molecule has 1 N–H and O–H groups in total. The molecule has 188 valence electrons. The van der Waals surface area contributed by atoms with Gasteiger partial charge < -0.3 is 14.3 Å². The van der Waals surface area contributed by atoms with E-state index in [4.69, 9.17) is 9.16 Å². The van der Waals surface area contributed by atoms with Gasteiger partial charge in [-0.2, -0.15) is 5.26 Å². The minimum atomic E-state index is -2.28. The first kappa shape index (κ1) is 25.9. The summed E-state index contributed by atoms with van der Waals surface area (Å²) in [5.74, 6) is 0.533. The molecule has 3 aliphatic rings. The second-order valence-electron chi connectivity index (χ2n) is 12.4. The summed E-state index contributed by atoms with van der Waals surface area (Å²) in [5.41, 5.74) is 1.31. The standard InChI is InChI=1S/C29H45NO3Si/c1-20(2)34(21(3)4,22(5)6)33-29-17-26(32-18-24-11-9-8-10-12-24)25-16-28(29,19-30)23(7)15-27(25,29)13-14-31/h8-12,20-23,25-26,31H,13-18H2,1-7H3/t23-,25-,26+,27-,28+,29-/m1/s1. The number of nitriles is 1. The quantitative estimate of drug-likeness (QED) is 0.370. The second-order valence-corrected chi connectivity index (χ2v) is 17.8. The zero-order chi connectivity index (χ0) is 24.9. The summed E-state index contributed by atoms with van der Waals surface area (Å²) in [7, 11) is -2.28. The average molecular weight is 484 g/mol. The number of aliphatic hydroxyl groups is 1. The van der Waals surface area contributed by atoms with Gasteiger partial charge in [-0.3, -0.25) is 0 Å². The Kier molecular flexibility index (Phi) is 6.88. The Morgan fingerprint density at radius 3 is 2.18 bits per heavy atom. The van der Waals surface area contributed by atoms with Crippen molar-refractivity contribution in [2.24, 2.45) is 22.7 Å². The Labute approximate surface area is 208 Å². The molecule has 0 amide bonds. The molecule has 3 aliphatic carbocycles. The summed E-state index contributed by atoms with van der Waals surface area (Å²) in [6.07, 6.45) is 3.34. The molecular weight excluding hydrogens is 438 g/mol. The number of aliphatic hydroxyl groups excluding tert-OH is 1. The number of rotatable bonds is 10. The lowest BCUT2D eigenvalue weighted by molar-refractivity contribution is -0.0884. The molecule has 4 rings (SSSR count). The van der Waals surface area contributed by atoms with E-state index in [1.54, 1.807) is 0 Å². The molecule has 0 heterocycles. The summed E-state index contributed by atoms with van der Waals surface area (Å²) in [5, 5.41) is 21.1. The lowest BCUT2D eigenvalue weighted by atomic mass is 9.65. The van der Waals surface area contributed by atoms with Crippen molar-refractivity contribution in [2.75, 3.05) is 6.61 Å². The van der Waals surface area contributed by atoms with E-state index in [2.05, 4.69) is 78.8 Å². The molecule has 0 aromatic heterocycles. The maximum absolute atomic E-state index is 10.8. The molecule has 0 unspecified atom stereocenters. The van der Waals surface area contributed by atoms with Crippen molar-refractivity contribution >= 4 is 8.32 Å². The zero-order valence-corrected chi connectivity index (χ0v) is 23.3. The van der Waals surface area contributed by atoms with E-state index in [1.165, 1.54) is 5.56 Å². The van der Waals surface area contributed by atoms with Crippen molar-refractivity contribution in [3.63, 3.8) is 0 Å². The molecule has 0 radical (unpaired) electrons. The van der Waals surface area contributed by atoms with Crippen molar-refractivity contribution in [3.8, 4) is 6.07 Å². The first-order valence-electron chi connectivity index (χ1n) is 13.4. The number of hydrogen-bond donors (Lipinski definition) is 1. The number of hydrogen-bond acceptors (Lipinski definition) is 4. The molecule has 4 nitrogen and oxygen atoms in total. The fourth-order valence-electron chi connectivity index (χ4n) is 9.16. The summed E-state index contributed by atoms with van der Waals surface area (Å²) in [4.78, 5) is 0. The largest absolute Gasteiger partial charge is 0.408 e. The highest BCUT2D eigenvalue weighted by atomic mass is 28.4. The third-order valence-electron chi connectivity index (χ3n) is 10.3. The Bertz CT molecular complexity index is 890. The Morgan fingerprint density at radius 2 is 1.65 bits per heavy atom. The predicted molar refractivity (Wildman–Crippen MR) is 139 cm³/mol. The molecule has 1 aromatic rings. The van der Waals surface area contributed by atoms with Crippen molar-refractivity contribution in [3.05, 3.63) is 35.9 Å². The van der Waals surface area contributed by atoms with E-state index in [9.17, 15) is 10.4 Å². The normalized spacial score (nSPS) is 36.7. The average Bonchev–Trinajstić information content (AvgIpc) is 3.25. The maximum Gasteiger partial charge on any atom is 0.201 e. The lowest BCUT2D eigenvalue weighted by Crippen LogP contribution is -2.61. The van der Waals surface area contributed by atoms with E-state index in [0.717, 1.165) is 19.3 Å². The van der Waals surface area contributed by atoms with Gasteiger partial charge in [0.2, 0.25) is 8.32 Å². The van der Waals surface area contributed by atoms with Crippen LogP contribution in [0.15, 0.2) is 30.3 Å². The van der Waals surface area contributed by atoms with E-state index in [1.807, 2.05) is 6.07 Å². The van der Waals surface area contributed by atoms with E-state index >= 15 is 0 Å². The highest BCUT2D eigenvalue weighted by Crippen LogP contribution is 2.81. The fourth-order valence-corrected chi connectivity index (χ4v) is 14.9. The van der Waals surface area contributed by atoms with Gasteiger partial charge in [0.1, 0.15) is 0 Å². The van der Waals surface area contributed by atoms with Crippen LogP contribution in [0.3, 0.4) is 0 Å². The molecule has 34 heavy (non-hydrogen) atoms. The van der Waals surface area contributed by atoms with Crippen molar-refractivity contribution in [2.45, 2.75) is 109 Å². The van der Waals surface area contributed by atoms with Crippen molar-refractivity contribution < 1.29 is 14.3 Å². The van der Waals surface area contributed by atoms with Crippen LogP contribution in [0, 0.1) is 34.0 Å². The number of nitrogens with zero attached hydrogens (tertiary/aromatic N) is 1. The topological polar surface area (TPSA) is 62.5 Å². The molecule has 0 spiro atoms. The second kappa shape index (κ2) is 9.03. The number of ether oxygens (including phenoxy) is 1. The van der Waals surface area contributed by atoms with Crippen molar-refractivity contribution in [1.82, 2.24) is 0 Å². The van der Waals surface area contributed by atoms with Gasteiger partial charge >= 0.3 is 0 Å². The Balaban J connectivity index is 1.80. The third kappa shape index (κ3) is 3.25. The van der Waals surface area contributed by atoms with Gasteiger partial charge in [-0.15, -0.1) is 0 Å². The van der Waals surface area contributed by atoms with Crippen LogP contribution in [0.1, 0.15) is 79.7 Å². The van der Waals surface area contributed by atoms with Crippen LogP contribution in [0.25, 0.3) is 0 Å². The summed E-state index contributed by atoms with van der Waals surface area (Å²) in [6.45, 7) is 17.0. The highest BCUT2D eigenvalue weighted by Gasteiger charge is 2.85. The zero-order valence-electron chi connectivity index (χ0n) is 22.3. The van der Waals surface area contributed by atoms with Crippen LogP contribution in [0.5, 0.6) is 0 Å². The molecule has 3 fully saturated rings. The molecule has 0 aliphatic heterocycles. The molecular formula is C29H45NO3Si. The molecule has 6 atom stereocenters. The smallest absolute Gasteiger partial charge is 0.201 e. The molecule has 0 saturated heterocycles. The Hall–Kier alpha value is -1.19. The minimum absolute atomic E-state index is 0.0684. The summed E-state index contributed by atoms with van der Waals surface area (Å²) in [6, 6.07) is 13.2. The van der Waals surface area contributed by atoms with Crippen LogP contribution < -0.4 is 0 Å². The number of benzene rings is 1. The van der Waals surface area contributed by atoms with Crippen LogP contribution in [-0.4, -0.2) is 31.7 Å². The lowest BCUT2D eigenvalue weighted by Gasteiger charge is -2.54. The van der Waals surface area contributed by atoms with Gasteiger partial charge in [0.05, 0.1) is 29.8 Å². The van der Waals surface area contributed by atoms with E-state index in [0.29, 0.717) is 29.7 Å². The minimum Gasteiger partial charge on any atom is -0.408 e. The molecule has 4 bridgehead atoms. The van der Waals surface area contributed by atoms with Gasteiger partial charge in [-0.1, -0.05) is 78.8 Å². The van der Waals surface area contributed by atoms with Crippen molar-refractivity contribution in [1.29, 1.82) is 5.26 Å². The highest BCUT2D eigenvalue weighted by molar-refractivity contribution is 6.77.